The predicted molar refractivity (Wildman–Crippen MR) is 124 cm³/mol. The molecule has 0 saturated heterocycles. The number of carbonyl (C=O) groups is 1. The zero-order chi connectivity index (χ0) is 22.7. The van der Waals surface area contributed by atoms with Crippen molar-refractivity contribution in [2.45, 2.75) is 45.1 Å². The van der Waals surface area contributed by atoms with Gasteiger partial charge in [0.2, 0.25) is 0 Å². The lowest BCUT2D eigenvalue weighted by atomic mass is 9.82. The minimum Gasteiger partial charge on any atom is -0.365 e. The van der Waals surface area contributed by atoms with E-state index in [0.29, 0.717) is 11.6 Å². The number of hydrogen-bond acceptors (Lipinski definition) is 5. The van der Waals surface area contributed by atoms with Crippen LogP contribution in [0.3, 0.4) is 0 Å². The minimum absolute atomic E-state index is 0.0222. The molecule has 4 rings (SSSR count). The first-order valence-electron chi connectivity index (χ1n) is 11.1. The first kappa shape index (κ1) is 21.8. The fraction of sp³-hybridized carbons (Fsp3) is 0.375. The fourth-order valence-electron chi connectivity index (χ4n) is 4.61. The van der Waals surface area contributed by atoms with Crippen LogP contribution in [-0.4, -0.2) is 33.5 Å². The first-order chi connectivity index (χ1) is 15.5. The number of benzene rings is 1. The van der Waals surface area contributed by atoms with Gasteiger partial charge in [-0.25, -0.2) is 14.4 Å². The van der Waals surface area contributed by atoms with Crippen LogP contribution in [0.5, 0.6) is 0 Å². The molecule has 1 amide bonds. The zero-order valence-corrected chi connectivity index (χ0v) is 18.5. The van der Waals surface area contributed by atoms with E-state index in [1.54, 1.807) is 12.5 Å². The number of rotatable bonds is 7. The van der Waals surface area contributed by atoms with Crippen molar-refractivity contribution < 1.29 is 9.18 Å². The fourth-order valence-corrected chi connectivity index (χ4v) is 4.61. The standard InChI is InChI=1S/C24H29FN6O/c1-3-16-6-4-5-7-21(16)30(2)24-20(25)14-19(22(26)32)23(29-24)28-17-8-10-18(11-9-17)31-13-12-27-15-31/h8-16,21H,3-7H2,1-2H3,(H2,26,32)(H,28,29). The van der Waals surface area contributed by atoms with Crippen LogP contribution in [0.2, 0.25) is 0 Å². The number of halogens is 1. The van der Waals surface area contributed by atoms with Crippen molar-refractivity contribution in [3.63, 3.8) is 0 Å². The van der Waals surface area contributed by atoms with E-state index in [4.69, 9.17) is 5.73 Å². The monoisotopic (exact) mass is 436 g/mol. The van der Waals surface area contributed by atoms with Crippen molar-refractivity contribution in [3.05, 3.63) is 60.4 Å². The molecule has 1 saturated carbocycles. The van der Waals surface area contributed by atoms with Gasteiger partial charge < -0.3 is 20.5 Å². The van der Waals surface area contributed by atoms with E-state index in [9.17, 15) is 4.79 Å². The topological polar surface area (TPSA) is 89.1 Å². The Labute approximate surface area is 187 Å². The van der Waals surface area contributed by atoms with Crippen LogP contribution in [0.1, 0.15) is 49.4 Å². The Kier molecular flexibility index (Phi) is 6.39. The molecule has 2 atom stereocenters. The molecule has 2 unspecified atom stereocenters. The van der Waals surface area contributed by atoms with Crippen molar-refractivity contribution in [2.24, 2.45) is 11.7 Å². The Hall–Kier alpha value is -3.42. The number of carbonyl (C=O) groups excluding carboxylic acids is 1. The molecule has 8 heteroatoms. The number of hydrogen-bond donors (Lipinski definition) is 2. The van der Waals surface area contributed by atoms with Gasteiger partial charge in [0.1, 0.15) is 5.82 Å². The van der Waals surface area contributed by atoms with Crippen molar-refractivity contribution in [1.29, 1.82) is 0 Å². The predicted octanol–water partition coefficient (Wildman–Crippen LogP) is 4.65. The van der Waals surface area contributed by atoms with Gasteiger partial charge in [-0.3, -0.25) is 4.79 Å². The van der Waals surface area contributed by atoms with Gasteiger partial charge in [0.15, 0.2) is 11.6 Å². The SMILES string of the molecule is CCC1CCCCC1N(C)c1nc(Nc2ccc(-n3ccnc3)cc2)c(C(N)=O)cc1F. The van der Waals surface area contributed by atoms with Crippen LogP contribution in [0, 0.1) is 11.7 Å². The average Bonchev–Trinajstić information content (AvgIpc) is 3.35. The Bertz CT molecular complexity index is 1070. The van der Waals surface area contributed by atoms with E-state index >= 15 is 4.39 Å². The Morgan fingerprint density at radius 2 is 2.03 bits per heavy atom. The molecule has 0 aliphatic heterocycles. The van der Waals surface area contributed by atoms with Crippen LogP contribution < -0.4 is 16.0 Å². The number of nitrogens with two attached hydrogens (primary N) is 1. The van der Waals surface area contributed by atoms with Crippen molar-refractivity contribution in [1.82, 2.24) is 14.5 Å². The molecule has 1 aliphatic rings. The number of aromatic nitrogens is 3. The number of nitrogens with zero attached hydrogens (tertiary/aromatic N) is 4. The van der Waals surface area contributed by atoms with E-state index in [1.807, 2.05) is 47.0 Å². The lowest BCUT2D eigenvalue weighted by Gasteiger charge is -2.38. The molecule has 0 radical (unpaired) electrons. The van der Waals surface area contributed by atoms with Gasteiger partial charge in [-0.2, -0.15) is 0 Å². The highest BCUT2D eigenvalue weighted by Crippen LogP contribution is 2.34. The summed E-state index contributed by atoms with van der Waals surface area (Å²) in [5, 5.41) is 3.15. The van der Waals surface area contributed by atoms with Gasteiger partial charge in [-0.1, -0.05) is 26.2 Å². The molecule has 1 aliphatic carbocycles. The summed E-state index contributed by atoms with van der Waals surface area (Å²) in [6, 6.07) is 8.97. The van der Waals surface area contributed by atoms with Gasteiger partial charge in [0.25, 0.3) is 5.91 Å². The maximum Gasteiger partial charge on any atom is 0.252 e. The molecule has 7 nitrogen and oxygen atoms in total. The van der Waals surface area contributed by atoms with Gasteiger partial charge in [0.05, 0.1) is 11.9 Å². The maximum absolute atomic E-state index is 15.0. The summed E-state index contributed by atoms with van der Waals surface area (Å²) < 4.78 is 16.9. The quantitative estimate of drug-likeness (QED) is 0.563. The highest BCUT2D eigenvalue weighted by Gasteiger charge is 2.30. The number of nitrogens with one attached hydrogen (secondary N) is 1. The molecule has 2 aromatic heterocycles. The molecule has 0 bridgehead atoms. The van der Waals surface area contributed by atoms with E-state index in [1.165, 1.54) is 12.5 Å². The smallest absolute Gasteiger partial charge is 0.252 e. The summed E-state index contributed by atoms with van der Waals surface area (Å²) in [5.41, 5.74) is 7.21. The van der Waals surface area contributed by atoms with Gasteiger partial charge in [-0.05, 0) is 49.1 Å². The number of primary amides is 1. The lowest BCUT2D eigenvalue weighted by molar-refractivity contribution is 0.100. The second-order valence-corrected chi connectivity index (χ2v) is 8.33. The third-order valence-corrected chi connectivity index (χ3v) is 6.38. The Balaban J connectivity index is 1.64. The molecular weight excluding hydrogens is 407 g/mol. The molecule has 1 aromatic carbocycles. The minimum atomic E-state index is -0.729. The summed E-state index contributed by atoms with van der Waals surface area (Å²) >= 11 is 0. The highest BCUT2D eigenvalue weighted by atomic mass is 19.1. The molecule has 3 aromatic rings. The number of imidazole rings is 1. The Morgan fingerprint density at radius 1 is 1.28 bits per heavy atom. The second kappa shape index (κ2) is 9.38. The summed E-state index contributed by atoms with van der Waals surface area (Å²) in [5.74, 6) is -0.286. The van der Waals surface area contributed by atoms with Crippen LogP contribution in [0.15, 0.2) is 49.1 Å². The van der Waals surface area contributed by atoms with Crippen molar-refractivity contribution in [3.8, 4) is 5.69 Å². The molecular formula is C24H29FN6O. The maximum atomic E-state index is 15.0. The third-order valence-electron chi connectivity index (χ3n) is 6.38. The highest BCUT2D eigenvalue weighted by molar-refractivity contribution is 5.98. The molecule has 1 fully saturated rings. The molecule has 0 spiro atoms. The van der Waals surface area contributed by atoms with Crippen molar-refractivity contribution in [2.75, 3.05) is 17.3 Å². The molecule has 3 N–H and O–H groups in total. The van der Waals surface area contributed by atoms with Crippen LogP contribution >= 0.6 is 0 Å². The Morgan fingerprint density at radius 3 is 2.69 bits per heavy atom. The van der Waals surface area contributed by atoms with E-state index in [-0.39, 0.29) is 23.2 Å². The first-order valence-corrected chi connectivity index (χ1v) is 11.1. The number of amides is 1. The summed E-state index contributed by atoms with van der Waals surface area (Å²) in [4.78, 5) is 22.5. The largest absolute Gasteiger partial charge is 0.365 e. The van der Waals surface area contributed by atoms with Gasteiger partial charge in [-0.15, -0.1) is 0 Å². The number of pyridine rings is 1. The van der Waals surface area contributed by atoms with Crippen LogP contribution in [-0.2, 0) is 0 Å². The summed E-state index contributed by atoms with van der Waals surface area (Å²) in [6.45, 7) is 2.18. The third kappa shape index (κ3) is 4.44. The number of anilines is 3. The zero-order valence-electron chi connectivity index (χ0n) is 18.5. The molecule has 32 heavy (non-hydrogen) atoms. The van der Waals surface area contributed by atoms with E-state index in [0.717, 1.165) is 31.4 Å². The summed E-state index contributed by atoms with van der Waals surface area (Å²) in [7, 11) is 1.89. The van der Waals surface area contributed by atoms with Crippen LogP contribution in [0.25, 0.3) is 5.69 Å². The lowest BCUT2D eigenvalue weighted by Crippen LogP contribution is -2.41. The normalized spacial score (nSPS) is 18.3. The van der Waals surface area contributed by atoms with E-state index in [2.05, 4.69) is 22.2 Å². The van der Waals surface area contributed by atoms with Gasteiger partial charge in [0, 0.05) is 36.9 Å². The average molecular weight is 437 g/mol. The summed E-state index contributed by atoms with van der Waals surface area (Å²) in [6.07, 6.45) is 10.8. The molecule has 2 heterocycles. The second-order valence-electron chi connectivity index (χ2n) is 8.33. The van der Waals surface area contributed by atoms with Crippen molar-refractivity contribution >= 4 is 23.2 Å². The van der Waals surface area contributed by atoms with E-state index < -0.39 is 11.7 Å². The molecule has 168 valence electrons. The van der Waals surface area contributed by atoms with Gasteiger partial charge >= 0.3 is 0 Å². The van der Waals surface area contributed by atoms with Crippen LogP contribution in [0.4, 0.5) is 21.7 Å².